The van der Waals surface area contributed by atoms with Crippen molar-refractivity contribution in [2.24, 2.45) is 0 Å². The van der Waals surface area contributed by atoms with Crippen molar-refractivity contribution in [3.05, 3.63) is 156 Å². The van der Waals surface area contributed by atoms with E-state index in [1.807, 2.05) is 36.4 Å². The fourth-order valence-electron chi connectivity index (χ4n) is 7.49. The molecule has 234 valence electrons. The first-order valence-corrected chi connectivity index (χ1v) is 16.4. The quantitative estimate of drug-likeness (QED) is 0.143. The van der Waals surface area contributed by atoms with E-state index in [9.17, 15) is 10.0 Å². The molecule has 0 saturated heterocycles. The smallest absolute Gasteiger partial charge is 0.511 e. The summed E-state index contributed by atoms with van der Waals surface area (Å²) in [4.78, 5) is 2.34. The molecule has 0 unspecified atom stereocenters. The highest BCUT2D eigenvalue weighted by Crippen LogP contribution is 2.53. The molecule has 0 aromatic heterocycles. The molecule has 5 heteroatoms. The van der Waals surface area contributed by atoms with E-state index in [1.54, 1.807) is 0 Å². The minimum Gasteiger partial charge on any atom is -0.511 e. The number of aryl methyl sites for hydroxylation is 2. The van der Waals surface area contributed by atoms with Gasteiger partial charge in [-0.15, -0.1) is 0 Å². The molecule has 7 aromatic rings. The zero-order valence-electron chi connectivity index (χ0n) is 27.5. The predicted molar refractivity (Wildman–Crippen MR) is 199 cm³/mol. The van der Waals surface area contributed by atoms with Crippen LogP contribution in [0.2, 0.25) is 0 Å². The summed E-state index contributed by atoms with van der Waals surface area (Å²) in [5, 5.41) is 23.2. The van der Waals surface area contributed by atoms with Crippen molar-refractivity contribution in [1.82, 2.24) is 0 Å². The number of hydrogen-bond acceptors (Lipinski definition) is 4. The van der Waals surface area contributed by atoms with Gasteiger partial charge in [-0.1, -0.05) is 116 Å². The Bertz CT molecular complexity index is 2240. The Morgan fingerprint density at radius 2 is 1.00 bits per heavy atom. The van der Waals surface area contributed by atoms with Gasteiger partial charge in [0.25, 0.3) is 0 Å². The monoisotopic (exact) mass is 625 g/mol. The summed E-state index contributed by atoms with van der Waals surface area (Å²) in [5.41, 5.74) is 12.9. The second-order valence-corrected chi connectivity index (χ2v) is 13.4. The van der Waals surface area contributed by atoms with Crippen molar-refractivity contribution in [3.63, 3.8) is 0 Å². The van der Waals surface area contributed by atoms with Crippen LogP contribution >= 0.6 is 0 Å². The van der Waals surface area contributed by atoms with Gasteiger partial charge in [0.15, 0.2) is 0 Å². The molecule has 8 rings (SSSR count). The van der Waals surface area contributed by atoms with Gasteiger partial charge in [-0.3, -0.25) is 0 Å². The van der Waals surface area contributed by atoms with Gasteiger partial charge >= 0.3 is 7.32 Å². The van der Waals surface area contributed by atoms with E-state index in [0.717, 1.165) is 49.7 Å². The molecule has 7 aromatic carbocycles. The molecule has 0 aliphatic heterocycles. The van der Waals surface area contributed by atoms with Gasteiger partial charge in [-0.25, -0.2) is 0 Å². The Morgan fingerprint density at radius 3 is 1.52 bits per heavy atom. The lowest BCUT2D eigenvalue weighted by atomic mass is 9.80. The molecule has 2 N–H and O–H groups in total. The van der Waals surface area contributed by atoms with Gasteiger partial charge in [-0.05, 0) is 100 Å². The zero-order valence-corrected chi connectivity index (χ0v) is 27.5. The fraction of sp³-hybridized carbons (Fsp3) is 0.116. The fourth-order valence-corrected chi connectivity index (χ4v) is 7.49. The highest BCUT2D eigenvalue weighted by Gasteiger charge is 2.36. The zero-order chi connectivity index (χ0) is 33.2. The summed E-state index contributed by atoms with van der Waals surface area (Å²) in [6.45, 7) is 8.89. The molecule has 1 aliphatic rings. The molecule has 0 fully saturated rings. The van der Waals surface area contributed by atoms with Gasteiger partial charge in [0.05, 0.1) is 0 Å². The van der Waals surface area contributed by atoms with Crippen LogP contribution in [0, 0.1) is 13.8 Å². The standard InChI is InChI=1S/C43H36BNO3/c1-27-13-18-30(19-14-27)45(31-20-15-28(2)16-21-31)32-22-24-34-33-23-17-29(25-39(33)43(3,4)40(34)26-32)41-35-9-5-7-11-37(35)42(48-44(46)47)38-12-8-6-10-36(38)41/h5-26,46-47H,1-4H3. The van der Waals surface area contributed by atoms with E-state index in [0.29, 0.717) is 5.75 Å². The average Bonchev–Trinajstić information content (AvgIpc) is 3.31. The van der Waals surface area contributed by atoms with Gasteiger partial charge in [0.1, 0.15) is 5.75 Å². The highest BCUT2D eigenvalue weighted by molar-refractivity contribution is 6.35. The molecule has 0 saturated carbocycles. The number of benzene rings is 7. The van der Waals surface area contributed by atoms with Crippen LogP contribution in [0.5, 0.6) is 5.75 Å². The largest absolute Gasteiger partial charge is 0.707 e. The van der Waals surface area contributed by atoms with Crippen molar-refractivity contribution in [1.29, 1.82) is 0 Å². The normalized spacial score (nSPS) is 13.0. The maximum Gasteiger partial charge on any atom is 0.707 e. The molecule has 48 heavy (non-hydrogen) atoms. The van der Waals surface area contributed by atoms with E-state index in [4.69, 9.17) is 4.65 Å². The first-order valence-electron chi connectivity index (χ1n) is 16.4. The van der Waals surface area contributed by atoms with E-state index < -0.39 is 7.32 Å². The van der Waals surface area contributed by atoms with Crippen LogP contribution in [0.4, 0.5) is 17.1 Å². The van der Waals surface area contributed by atoms with Crippen LogP contribution in [-0.4, -0.2) is 17.4 Å². The number of rotatable bonds is 6. The van der Waals surface area contributed by atoms with Crippen LogP contribution in [-0.2, 0) is 5.41 Å². The second kappa shape index (κ2) is 11.4. The average molecular weight is 626 g/mol. The van der Waals surface area contributed by atoms with E-state index in [1.165, 1.54) is 33.4 Å². The molecular weight excluding hydrogens is 589 g/mol. The van der Waals surface area contributed by atoms with Crippen molar-refractivity contribution >= 4 is 45.9 Å². The van der Waals surface area contributed by atoms with E-state index in [2.05, 4.69) is 130 Å². The van der Waals surface area contributed by atoms with Crippen LogP contribution < -0.4 is 9.55 Å². The topological polar surface area (TPSA) is 52.9 Å². The predicted octanol–water partition coefficient (Wildman–Crippen LogP) is 10.4. The minimum absolute atomic E-state index is 0.251. The third kappa shape index (κ3) is 4.86. The van der Waals surface area contributed by atoms with Crippen LogP contribution in [0.3, 0.4) is 0 Å². The maximum absolute atomic E-state index is 9.80. The summed E-state index contributed by atoms with van der Waals surface area (Å²) in [6, 6.07) is 47.2. The summed E-state index contributed by atoms with van der Waals surface area (Å²) in [6.07, 6.45) is 0. The summed E-state index contributed by atoms with van der Waals surface area (Å²) in [5.74, 6) is 0.466. The number of hydrogen-bond donors (Lipinski definition) is 2. The third-order valence-electron chi connectivity index (χ3n) is 9.90. The summed E-state index contributed by atoms with van der Waals surface area (Å²) < 4.78 is 5.59. The van der Waals surface area contributed by atoms with E-state index in [-0.39, 0.29) is 5.41 Å². The maximum atomic E-state index is 9.80. The lowest BCUT2D eigenvalue weighted by Gasteiger charge is -2.28. The minimum atomic E-state index is -1.92. The molecule has 0 radical (unpaired) electrons. The molecular formula is C43H36BNO3. The summed E-state index contributed by atoms with van der Waals surface area (Å²) in [7, 11) is -1.92. The molecule has 1 aliphatic carbocycles. The first kappa shape index (κ1) is 30.0. The van der Waals surface area contributed by atoms with Gasteiger partial charge < -0.3 is 19.6 Å². The molecule has 0 heterocycles. The third-order valence-corrected chi connectivity index (χ3v) is 9.90. The number of anilines is 3. The molecule has 4 nitrogen and oxygen atoms in total. The van der Waals surface area contributed by atoms with Gasteiger partial charge in [0.2, 0.25) is 0 Å². The molecule has 0 amide bonds. The van der Waals surface area contributed by atoms with Crippen LogP contribution in [0.15, 0.2) is 133 Å². The Morgan fingerprint density at radius 1 is 0.542 bits per heavy atom. The SMILES string of the molecule is Cc1ccc(N(c2ccc(C)cc2)c2ccc3c(c2)C(C)(C)c2cc(-c4c5ccccc5c(OB(O)O)c5ccccc45)ccc2-3)cc1. The van der Waals surface area contributed by atoms with E-state index >= 15 is 0 Å². The second-order valence-electron chi connectivity index (χ2n) is 13.4. The van der Waals surface area contributed by atoms with Crippen molar-refractivity contribution < 1.29 is 14.7 Å². The Kier molecular flexibility index (Phi) is 7.13. The van der Waals surface area contributed by atoms with Crippen molar-refractivity contribution in [2.45, 2.75) is 33.1 Å². The first-order chi connectivity index (χ1) is 23.2. The highest BCUT2D eigenvalue weighted by atomic mass is 16.6. The summed E-state index contributed by atoms with van der Waals surface area (Å²) >= 11 is 0. The molecule has 0 bridgehead atoms. The van der Waals surface area contributed by atoms with Crippen LogP contribution in [0.1, 0.15) is 36.1 Å². The van der Waals surface area contributed by atoms with Crippen molar-refractivity contribution in [3.8, 4) is 28.0 Å². The van der Waals surface area contributed by atoms with Crippen LogP contribution in [0.25, 0.3) is 43.8 Å². The lowest BCUT2D eigenvalue weighted by molar-refractivity contribution is 0.291. The number of nitrogens with zero attached hydrogens (tertiary/aromatic N) is 1. The lowest BCUT2D eigenvalue weighted by Crippen LogP contribution is -2.21. The molecule has 0 atom stereocenters. The van der Waals surface area contributed by atoms with Crippen molar-refractivity contribution in [2.75, 3.05) is 4.90 Å². The Hall–Kier alpha value is -5.36. The van der Waals surface area contributed by atoms with Gasteiger partial charge in [0, 0.05) is 33.2 Å². The Balaban J connectivity index is 1.28. The number of fused-ring (bicyclic) bond motifs is 5. The molecule has 0 spiro atoms. The van der Waals surface area contributed by atoms with Gasteiger partial charge in [-0.2, -0.15) is 0 Å². The Labute approximate surface area is 281 Å².